The molecule has 8 rings (SSSR count). The van der Waals surface area contributed by atoms with Crippen molar-refractivity contribution < 1.29 is 58.2 Å². The van der Waals surface area contributed by atoms with E-state index in [0.29, 0.717) is 58.1 Å². The third-order valence-corrected chi connectivity index (χ3v) is 16.8. The number of likely N-dealkylation sites (N-methyl/N-ethyl adjacent to an activating group) is 2. The fourth-order valence-electron chi connectivity index (χ4n) is 11.9. The number of nitrogens with zero attached hydrogens (tertiary/aromatic N) is 4. The molecule has 0 spiro atoms. The van der Waals surface area contributed by atoms with Crippen molar-refractivity contribution in [2.45, 2.75) is 146 Å². The van der Waals surface area contributed by atoms with Gasteiger partial charge in [-0.2, -0.15) is 0 Å². The highest BCUT2D eigenvalue weighted by atomic mass is 16.3. The number of para-hydroxylation sites is 2. The molecule has 3 aromatic carbocycles. The van der Waals surface area contributed by atoms with Crippen molar-refractivity contribution in [3.8, 4) is 5.75 Å². The number of nitrogens with two attached hydrogens (primary N) is 2. The van der Waals surface area contributed by atoms with Crippen molar-refractivity contribution in [1.29, 1.82) is 0 Å². The number of phenols is 1. The summed E-state index contributed by atoms with van der Waals surface area (Å²) >= 11 is 0. The number of H-pyrrole nitrogens is 3. The Morgan fingerprint density at radius 1 is 0.702 bits per heavy atom. The predicted octanol–water partition coefficient (Wildman–Crippen LogP) is -0.418. The van der Waals surface area contributed by atoms with E-state index in [0.717, 1.165) is 5.52 Å². The largest absolute Gasteiger partial charge is 0.508 e. The number of hydrogen-bond acceptors (Lipinski definition) is 14. The SMILES string of the molecule is CCNC(=O)[C@@H]1CCCN1C(=O)[C@H](CCCN=C(N)N)N(C)C(=O)[C@H](CC(C)C)NC(=O)[C@@H](Cc1c[nH]c2ccccc12)NC(=O)[C@H](Cc1ccc(O)cc1)NC(=O)[C@H](CO)NC(=O)[C@H](Cc1c[nH]c2ccccc12)NC(=O)[C@H](Cc1cnc[nH]1)NC(=O)[C@@H]1CCC(=O)N1. The molecule has 17 N–H and O–H groups in total. The highest BCUT2D eigenvalue weighted by molar-refractivity contribution is 6.00. The number of aliphatic imine (C=N–C) groups is 1. The summed E-state index contributed by atoms with van der Waals surface area (Å²) in [5.41, 5.74) is 14.7. The van der Waals surface area contributed by atoms with E-state index >= 15 is 14.4 Å². The molecule has 2 aliphatic rings. The van der Waals surface area contributed by atoms with Gasteiger partial charge in [0.05, 0.1) is 12.9 Å². The number of aromatic nitrogens is 4. The molecule has 0 unspecified atom stereocenters. The van der Waals surface area contributed by atoms with Crippen molar-refractivity contribution >= 4 is 86.8 Å². The average molecular weight is 1300 g/mol. The Kier molecular flexibility index (Phi) is 24.3. The number of hydrogen-bond donors (Lipinski definition) is 15. The quantitative estimate of drug-likeness (QED) is 0.0145. The molecule has 2 fully saturated rings. The van der Waals surface area contributed by atoms with E-state index in [1.165, 1.54) is 53.6 Å². The summed E-state index contributed by atoms with van der Waals surface area (Å²) < 4.78 is 0. The van der Waals surface area contributed by atoms with E-state index in [1.54, 1.807) is 43.6 Å². The lowest BCUT2D eigenvalue weighted by Gasteiger charge is -2.35. The van der Waals surface area contributed by atoms with Crippen LogP contribution < -0.4 is 54.0 Å². The minimum Gasteiger partial charge on any atom is -0.508 e. The Morgan fingerprint density at radius 3 is 1.79 bits per heavy atom. The molecule has 6 aromatic rings. The zero-order valence-electron chi connectivity index (χ0n) is 53.0. The molecular formula is C65H85N17O12. The first kappa shape index (κ1) is 69.6. The number of aliphatic hydroxyl groups is 1. The Balaban J connectivity index is 1.06. The first-order chi connectivity index (χ1) is 45.1. The molecule has 29 nitrogen and oxygen atoms in total. The number of likely N-dealkylation sites (tertiary alicyclic amines) is 1. The number of benzene rings is 3. The summed E-state index contributed by atoms with van der Waals surface area (Å²) in [5.74, 6) is -7.43. The van der Waals surface area contributed by atoms with E-state index in [4.69, 9.17) is 11.5 Å². The second-order valence-electron chi connectivity index (χ2n) is 24.1. The summed E-state index contributed by atoms with van der Waals surface area (Å²) in [6.07, 6.45) is 7.17. The molecule has 0 radical (unpaired) electrons. The number of amides is 10. The normalized spacial score (nSPS) is 16.7. The third-order valence-electron chi connectivity index (χ3n) is 16.8. The van der Waals surface area contributed by atoms with Crippen molar-refractivity contribution in [2.75, 3.05) is 33.3 Å². The monoisotopic (exact) mass is 1300 g/mol. The maximum Gasteiger partial charge on any atom is 0.246 e. The molecule has 29 heteroatoms. The molecule has 502 valence electrons. The van der Waals surface area contributed by atoms with Gasteiger partial charge in [0.25, 0.3) is 0 Å². The van der Waals surface area contributed by atoms with Crippen LogP contribution in [-0.2, 0) is 73.6 Å². The van der Waals surface area contributed by atoms with Gasteiger partial charge < -0.3 is 89.0 Å². The molecular weight excluding hydrogens is 1210 g/mol. The Bertz CT molecular complexity index is 3680. The topological polar surface area (TPSA) is 439 Å². The lowest BCUT2D eigenvalue weighted by Crippen LogP contribution is -2.61. The lowest BCUT2D eigenvalue weighted by atomic mass is 9.98. The number of guanidine groups is 1. The van der Waals surface area contributed by atoms with Gasteiger partial charge in [0.1, 0.15) is 60.1 Å². The fraction of sp³-hybridized carbons (Fsp3) is 0.446. The van der Waals surface area contributed by atoms with Crippen molar-refractivity contribution in [3.05, 3.63) is 120 Å². The minimum atomic E-state index is -1.78. The molecule has 2 saturated heterocycles. The number of carbonyl (C=O) groups is 10. The number of carbonyl (C=O) groups excluding carboxylic acids is 10. The molecule has 94 heavy (non-hydrogen) atoms. The number of aromatic amines is 3. The zero-order valence-corrected chi connectivity index (χ0v) is 53.0. The number of imidazole rings is 1. The summed E-state index contributed by atoms with van der Waals surface area (Å²) in [7, 11) is 1.45. The number of phenolic OH excluding ortho intramolecular Hbond substituents is 1. The first-order valence-electron chi connectivity index (χ1n) is 31.6. The van der Waals surface area contributed by atoms with E-state index in [9.17, 15) is 43.8 Å². The van der Waals surface area contributed by atoms with Crippen molar-refractivity contribution in [2.24, 2.45) is 22.4 Å². The average Bonchev–Trinajstić information content (AvgIpc) is 1.55. The molecule has 9 atom stereocenters. The van der Waals surface area contributed by atoms with Crippen LogP contribution in [-0.4, -0.2) is 193 Å². The fourth-order valence-corrected chi connectivity index (χ4v) is 11.9. The molecule has 3 aromatic heterocycles. The van der Waals surface area contributed by atoms with Crippen LogP contribution in [0, 0.1) is 5.92 Å². The second-order valence-corrected chi connectivity index (χ2v) is 24.1. The van der Waals surface area contributed by atoms with Crippen LogP contribution >= 0.6 is 0 Å². The molecule has 0 bridgehead atoms. The number of aromatic hydroxyl groups is 1. The highest BCUT2D eigenvalue weighted by Crippen LogP contribution is 2.25. The number of nitrogens with one attached hydrogen (secondary N) is 11. The van der Waals surface area contributed by atoms with Gasteiger partial charge >= 0.3 is 0 Å². The van der Waals surface area contributed by atoms with Crippen LogP contribution in [0.25, 0.3) is 21.8 Å². The van der Waals surface area contributed by atoms with Gasteiger partial charge in [-0.25, -0.2) is 4.98 Å². The summed E-state index contributed by atoms with van der Waals surface area (Å²) in [4.78, 5) is 163. The molecule has 0 aliphatic carbocycles. The summed E-state index contributed by atoms with van der Waals surface area (Å²) in [5, 5.41) is 44.3. The number of rotatable bonds is 32. The van der Waals surface area contributed by atoms with E-state index in [-0.39, 0.29) is 100 Å². The van der Waals surface area contributed by atoms with E-state index < -0.39 is 108 Å². The first-order valence-corrected chi connectivity index (χ1v) is 31.6. The van der Waals surface area contributed by atoms with Crippen LogP contribution in [0.4, 0.5) is 0 Å². The van der Waals surface area contributed by atoms with Gasteiger partial charge in [-0.3, -0.25) is 52.9 Å². The standard InChI is InChI=1S/C65H85N17O12/c1-5-69-62(92)53-17-11-25-82(53)64(94)54(16-10-24-70-65(66)67)81(4)63(93)51(26-36(2)3)79-58(88)48(28-38-31-71-44-14-8-6-12-42(38)44)76-57(87)47(27-37-18-20-41(84)21-19-37)75-61(91)52(34-83)80-59(89)49(29-39-32-72-45-15-9-7-13-43(39)45)77-60(90)50(30-40-33-68-35-73-40)78-56(86)46-22-23-55(85)74-46/h6-9,12-15,18-21,31-33,35-36,46-54,71-72,83-84H,5,10-11,16-17,22-30,34H2,1-4H3,(H,68,73)(H,69,92)(H,74,85)(H,75,91)(H,76,87)(H,77,90)(H,78,86)(H,79,88)(H,80,89)(H4,66,67,70)/t46-,47-,48+,49-,50-,51-,52-,53-,54-/m0/s1. The smallest absolute Gasteiger partial charge is 0.246 e. The van der Waals surface area contributed by atoms with Crippen LogP contribution in [0.1, 0.15) is 88.1 Å². The maximum absolute atomic E-state index is 15.2. The summed E-state index contributed by atoms with van der Waals surface area (Å²) in [6.45, 7) is 5.19. The number of fused-ring (bicyclic) bond motifs is 2. The van der Waals surface area contributed by atoms with Crippen molar-refractivity contribution in [3.63, 3.8) is 0 Å². The van der Waals surface area contributed by atoms with Gasteiger partial charge in [0, 0.05) is 105 Å². The van der Waals surface area contributed by atoms with Gasteiger partial charge in [-0.1, -0.05) is 62.4 Å². The Labute approximate surface area is 542 Å². The van der Waals surface area contributed by atoms with Crippen LogP contribution in [0.15, 0.2) is 103 Å². The molecule has 2 aliphatic heterocycles. The van der Waals surface area contributed by atoms with Crippen molar-refractivity contribution in [1.82, 2.24) is 72.3 Å². The lowest BCUT2D eigenvalue weighted by molar-refractivity contribution is -0.149. The Hall–Kier alpha value is -10.3. The minimum absolute atomic E-state index is 0.0760. The highest BCUT2D eigenvalue weighted by Gasteiger charge is 2.42. The number of aliphatic hydroxyl groups excluding tert-OH is 1. The maximum atomic E-state index is 15.2. The predicted molar refractivity (Wildman–Crippen MR) is 347 cm³/mol. The van der Waals surface area contributed by atoms with Gasteiger partial charge in [-0.05, 0) is 92.3 Å². The zero-order chi connectivity index (χ0) is 67.6. The van der Waals surface area contributed by atoms with E-state index in [1.807, 2.05) is 38.1 Å². The van der Waals surface area contributed by atoms with Gasteiger partial charge in [0.15, 0.2) is 5.96 Å². The molecule has 10 amide bonds. The van der Waals surface area contributed by atoms with E-state index in [2.05, 4.69) is 67.5 Å². The van der Waals surface area contributed by atoms with Crippen LogP contribution in [0.2, 0.25) is 0 Å². The van der Waals surface area contributed by atoms with Crippen LogP contribution in [0.3, 0.4) is 0 Å². The molecule has 5 heterocycles. The van der Waals surface area contributed by atoms with Crippen LogP contribution in [0.5, 0.6) is 5.75 Å². The van der Waals surface area contributed by atoms with Gasteiger partial charge in [0.2, 0.25) is 59.1 Å². The third kappa shape index (κ3) is 18.5. The summed E-state index contributed by atoms with van der Waals surface area (Å²) in [6, 6.07) is 8.52. The van der Waals surface area contributed by atoms with Gasteiger partial charge in [-0.15, -0.1) is 0 Å². The second kappa shape index (κ2) is 32.8. The Morgan fingerprint density at radius 2 is 1.26 bits per heavy atom. The molecule has 0 saturated carbocycles.